The topological polar surface area (TPSA) is 52.6 Å². The fourth-order valence-electron chi connectivity index (χ4n) is 6.59. The molecule has 5 fully saturated rings. The molecular formula is C20H30O4. The van der Waals surface area contributed by atoms with Crippen molar-refractivity contribution in [1.82, 2.24) is 0 Å². The van der Waals surface area contributed by atoms with Crippen molar-refractivity contribution >= 4 is 11.9 Å². The molecule has 134 valence electrons. The summed E-state index contributed by atoms with van der Waals surface area (Å²) < 4.78 is 11.1. The molecule has 0 radical (unpaired) electrons. The molecule has 0 spiro atoms. The van der Waals surface area contributed by atoms with Gasteiger partial charge in [0.2, 0.25) is 0 Å². The molecule has 4 heteroatoms. The molecule has 5 rings (SSSR count). The van der Waals surface area contributed by atoms with Crippen LogP contribution in [0.1, 0.15) is 65.7 Å². The normalized spacial score (nSPS) is 43.8. The van der Waals surface area contributed by atoms with E-state index >= 15 is 0 Å². The van der Waals surface area contributed by atoms with Crippen molar-refractivity contribution in [2.24, 2.45) is 34.0 Å². The van der Waals surface area contributed by atoms with Crippen molar-refractivity contribution in [2.45, 2.75) is 65.7 Å². The van der Waals surface area contributed by atoms with Gasteiger partial charge in [-0.05, 0) is 83.0 Å². The van der Waals surface area contributed by atoms with E-state index in [4.69, 9.17) is 9.47 Å². The van der Waals surface area contributed by atoms with Gasteiger partial charge in [0, 0.05) is 5.41 Å². The fourth-order valence-corrected chi connectivity index (χ4v) is 6.59. The number of hydrogen-bond acceptors (Lipinski definition) is 4. The minimum atomic E-state index is -0.449. The number of carbonyl (C=O) groups is 2. The summed E-state index contributed by atoms with van der Waals surface area (Å²) in [6, 6.07) is 0. The van der Waals surface area contributed by atoms with Crippen molar-refractivity contribution in [1.29, 1.82) is 0 Å². The van der Waals surface area contributed by atoms with Gasteiger partial charge in [0.05, 0.1) is 24.5 Å². The molecule has 4 bridgehead atoms. The first kappa shape index (κ1) is 16.4. The van der Waals surface area contributed by atoms with E-state index in [2.05, 4.69) is 0 Å². The second-order valence-corrected chi connectivity index (χ2v) is 10.2. The highest BCUT2D eigenvalue weighted by molar-refractivity contribution is 5.76. The van der Waals surface area contributed by atoms with Gasteiger partial charge >= 0.3 is 11.9 Å². The van der Waals surface area contributed by atoms with Gasteiger partial charge in [0.15, 0.2) is 0 Å². The maximum absolute atomic E-state index is 12.3. The molecule has 4 nitrogen and oxygen atoms in total. The highest BCUT2D eigenvalue weighted by Crippen LogP contribution is 2.68. The van der Waals surface area contributed by atoms with E-state index in [9.17, 15) is 9.59 Å². The standard InChI is InChI=1S/C20H30O4/c1-18(2,3)17(22)24-12-19-7-13-6-14(8-19)10-20(9-13,11-19)15-4-5-23-16(15)21/h13-15H,4-12H2,1-3H3. The zero-order valence-corrected chi connectivity index (χ0v) is 15.2. The van der Waals surface area contributed by atoms with E-state index in [1.165, 1.54) is 32.1 Å². The van der Waals surface area contributed by atoms with Gasteiger partial charge in [-0.25, -0.2) is 0 Å². The van der Waals surface area contributed by atoms with Gasteiger partial charge < -0.3 is 9.47 Å². The summed E-state index contributed by atoms with van der Waals surface area (Å²) in [5.41, 5.74) is -0.227. The first-order valence-electron chi connectivity index (χ1n) is 9.55. The second-order valence-electron chi connectivity index (χ2n) is 10.2. The molecule has 4 aliphatic carbocycles. The minimum absolute atomic E-state index is 0.0267. The Balaban J connectivity index is 1.55. The largest absolute Gasteiger partial charge is 0.465 e. The molecule has 1 aliphatic heterocycles. The van der Waals surface area contributed by atoms with Crippen molar-refractivity contribution in [2.75, 3.05) is 13.2 Å². The molecule has 1 saturated heterocycles. The SMILES string of the molecule is CC(C)(C)C(=O)OCC12CC3CC(C1)CC(C1CCOC1=O)(C3)C2. The molecule has 1 heterocycles. The fraction of sp³-hybridized carbons (Fsp3) is 0.900. The Morgan fingerprint density at radius 1 is 1.21 bits per heavy atom. The first-order chi connectivity index (χ1) is 11.2. The Morgan fingerprint density at radius 3 is 2.42 bits per heavy atom. The number of ether oxygens (including phenoxy) is 2. The van der Waals surface area contributed by atoms with Crippen LogP contribution in [0.15, 0.2) is 0 Å². The quantitative estimate of drug-likeness (QED) is 0.738. The average molecular weight is 334 g/mol. The van der Waals surface area contributed by atoms with Crippen LogP contribution in [0.25, 0.3) is 0 Å². The van der Waals surface area contributed by atoms with Crippen LogP contribution in [0.5, 0.6) is 0 Å². The molecule has 5 aliphatic rings. The molecule has 4 saturated carbocycles. The summed E-state index contributed by atoms with van der Waals surface area (Å²) in [6.07, 6.45) is 7.93. The summed E-state index contributed by atoms with van der Waals surface area (Å²) in [5, 5.41) is 0. The summed E-state index contributed by atoms with van der Waals surface area (Å²) in [5.74, 6) is 1.41. The van der Waals surface area contributed by atoms with Crippen LogP contribution in [0.2, 0.25) is 0 Å². The Hall–Kier alpha value is -1.06. The van der Waals surface area contributed by atoms with Gasteiger partial charge in [0.25, 0.3) is 0 Å². The Morgan fingerprint density at radius 2 is 1.88 bits per heavy atom. The van der Waals surface area contributed by atoms with Crippen LogP contribution in [0, 0.1) is 34.0 Å². The third-order valence-corrected chi connectivity index (χ3v) is 7.02. The number of esters is 2. The van der Waals surface area contributed by atoms with Crippen molar-refractivity contribution in [3.05, 3.63) is 0 Å². The summed E-state index contributed by atoms with van der Waals surface area (Å²) in [4.78, 5) is 24.5. The van der Waals surface area contributed by atoms with E-state index in [-0.39, 0.29) is 28.7 Å². The Bertz CT molecular complexity index is 544. The number of carbonyl (C=O) groups excluding carboxylic acids is 2. The Kier molecular flexibility index (Phi) is 3.57. The van der Waals surface area contributed by atoms with E-state index in [1.807, 2.05) is 20.8 Å². The molecule has 0 amide bonds. The lowest BCUT2D eigenvalue weighted by molar-refractivity contribution is -0.182. The van der Waals surface area contributed by atoms with E-state index < -0.39 is 5.41 Å². The second kappa shape index (κ2) is 5.22. The van der Waals surface area contributed by atoms with Crippen LogP contribution < -0.4 is 0 Å². The first-order valence-corrected chi connectivity index (χ1v) is 9.55. The van der Waals surface area contributed by atoms with Crippen molar-refractivity contribution in [3.63, 3.8) is 0 Å². The van der Waals surface area contributed by atoms with E-state index in [0.717, 1.165) is 12.8 Å². The zero-order chi connectivity index (χ0) is 17.2. The van der Waals surface area contributed by atoms with Gasteiger partial charge in [-0.1, -0.05) is 0 Å². The molecular weight excluding hydrogens is 304 g/mol. The van der Waals surface area contributed by atoms with E-state index in [0.29, 0.717) is 25.0 Å². The van der Waals surface area contributed by atoms with Gasteiger partial charge in [-0.15, -0.1) is 0 Å². The molecule has 3 atom stereocenters. The lowest BCUT2D eigenvalue weighted by Crippen LogP contribution is -2.57. The summed E-state index contributed by atoms with van der Waals surface area (Å²) in [6.45, 7) is 6.85. The molecule has 0 N–H and O–H groups in total. The molecule has 0 aromatic heterocycles. The van der Waals surface area contributed by atoms with Gasteiger partial charge in [0.1, 0.15) is 0 Å². The molecule has 0 aromatic carbocycles. The van der Waals surface area contributed by atoms with Crippen LogP contribution >= 0.6 is 0 Å². The third kappa shape index (κ3) is 2.57. The number of rotatable bonds is 3. The third-order valence-electron chi connectivity index (χ3n) is 7.02. The van der Waals surface area contributed by atoms with Crippen LogP contribution in [0.4, 0.5) is 0 Å². The predicted molar refractivity (Wildman–Crippen MR) is 89.0 cm³/mol. The maximum Gasteiger partial charge on any atom is 0.311 e. The lowest BCUT2D eigenvalue weighted by atomic mass is 9.42. The van der Waals surface area contributed by atoms with E-state index in [1.54, 1.807) is 0 Å². The monoisotopic (exact) mass is 334 g/mol. The lowest BCUT2D eigenvalue weighted by Gasteiger charge is -2.63. The molecule has 0 aromatic rings. The summed E-state index contributed by atoms with van der Waals surface area (Å²) >= 11 is 0. The zero-order valence-electron chi connectivity index (χ0n) is 15.2. The Labute approximate surface area is 144 Å². The maximum atomic E-state index is 12.3. The minimum Gasteiger partial charge on any atom is -0.465 e. The van der Waals surface area contributed by atoms with Gasteiger partial charge in [-0.3, -0.25) is 9.59 Å². The average Bonchev–Trinajstić information content (AvgIpc) is 2.89. The molecule has 24 heavy (non-hydrogen) atoms. The number of hydrogen-bond donors (Lipinski definition) is 0. The smallest absolute Gasteiger partial charge is 0.311 e. The van der Waals surface area contributed by atoms with Crippen LogP contribution in [0.3, 0.4) is 0 Å². The van der Waals surface area contributed by atoms with Crippen LogP contribution in [-0.2, 0) is 19.1 Å². The molecule has 3 unspecified atom stereocenters. The highest BCUT2D eigenvalue weighted by Gasteiger charge is 2.62. The highest BCUT2D eigenvalue weighted by atomic mass is 16.5. The number of cyclic esters (lactones) is 1. The van der Waals surface area contributed by atoms with Gasteiger partial charge in [-0.2, -0.15) is 0 Å². The predicted octanol–water partition coefficient (Wildman–Crippen LogP) is 3.73. The van der Waals surface area contributed by atoms with Crippen LogP contribution in [-0.4, -0.2) is 25.2 Å². The van der Waals surface area contributed by atoms with Crippen molar-refractivity contribution in [3.8, 4) is 0 Å². The van der Waals surface area contributed by atoms with Crippen molar-refractivity contribution < 1.29 is 19.1 Å². The summed E-state index contributed by atoms with van der Waals surface area (Å²) in [7, 11) is 0.